The molecule has 106 valence electrons. The first-order valence-corrected chi connectivity index (χ1v) is 6.56. The van der Waals surface area contributed by atoms with Crippen molar-refractivity contribution >= 4 is 11.9 Å². The molecule has 2 aliphatic carbocycles. The van der Waals surface area contributed by atoms with E-state index in [9.17, 15) is 9.59 Å². The SMILES string of the molecule is C=C(C)C(=O)O.C=C(C)C(=O)OC1CC2CCC1C2. The van der Waals surface area contributed by atoms with E-state index >= 15 is 0 Å². The Morgan fingerprint density at radius 3 is 2.00 bits per heavy atom. The predicted molar refractivity (Wildman–Crippen MR) is 72.6 cm³/mol. The summed E-state index contributed by atoms with van der Waals surface area (Å²) in [4.78, 5) is 20.9. The van der Waals surface area contributed by atoms with Gasteiger partial charge in [-0.05, 0) is 51.4 Å². The van der Waals surface area contributed by atoms with Gasteiger partial charge in [-0.2, -0.15) is 0 Å². The third-order valence-corrected chi connectivity index (χ3v) is 3.65. The lowest BCUT2D eigenvalue weighted by atomic mass is 9.98. The van der Waals surface area contributed by atoms with Gasteiger partial charge in [0.2, 0.25) is 0 Å². The molecule has 0 aromatic heterocycles. The molecular formula is C15H22O4. The smallest absolute Gasteiger partial charge is 0.333 e. The van der Waals surface area contributed by atoms with E-state index in [0.717, 1.165) is 12.3 Å². The molecule has 19 heavy (non-hydrogen) atoms. The Morgan fingerprint density at radius 1 is 1.11 bits per heavy atom. The summed E-state index contributed by atoms with van der Waals surface area (Å²) in [5.41, 5.74) is 0.692. The zero-order chi connectivity index (χ0) is 14.6. The molecule has 1 N–H and O–H groups in total. The summed E-state index contributed by atoms with van der Waals surface area (Å²) in [5.74, 6) is 0.328. The molecular weight excluding hydrogens is 244 g/mol. The van der Waals surface area contributed by atoms with Gasteiger partial charge < -0.3 is 9.84 Å². The van der Waals surface area contributed by atoms with Crippen molar-refractivity contribution < 1.29 is 19.4 Å². The number of carbonyl (C=O) groups is 2. The second kappa shape index (κ2) is 6.55. The van der Waals surface area contributed by atoms with Gasteiger partial charge in [-0.3, -0.25) is 0 Å². The van der Waals surface area contributed by atoms with Gasteiger partial charge >= 0.3 is 11.9 Å². The average molecular weight is 266 g/mol. The molecule has 4 heteroatoms. The van der Waals surface area contributed by atoms with Gasteiger partial charge in [0.05, 0.1) is 0 Å². The van der Waals surface area contributed by atoms with Gasteiger partial charge in [0.25, 0.3) is 0 Å². The second-order valence-electron chi connectivity index (χ2n) is 5.48. The van der Waals surface area contributed by atoms with Crippen molar-refractivity contribution in [2.24, 2.45) is 11.8 Å². The molecule has 2 bridgehead atoms. The molecule has 2 fully saturated rings. The van der Waals surface area contributed by atoms with Gasteiger partial charge in [-0.25, -0.2) is 9.59 Å². The fraction of sp³-hybridized carbons (Fsp3) is 0.600. The van der Waals surface area contributed by atoms with Crippen molar-refractivity contribution in [3.63, 3.8) is 0 Å². The Labute approximate surface area is 114 Å². The summed E-state index contributed by atoms with van der Waals surface area (Å²) >= 11 is 0. The van der Waals surface area contributed by atoms with Crippen LogP contribution in [0.5, 0.6) is 0 Å². The molecule has 0 heterocycles. The highest BCUT2D eigenvalue weighted by molar-refractivity contribution is 5.87. The first kappa shape index (κ1) is 15.5. The number of esters is 1. The Bertz CT molecular complexity index is 385. The molecule has 0 aromatic rings. The van der Waals surface area contributed by atoms with Crippen LogP contribution < -0.4 is 0 Å². The summed E-state index contributed by atoms with van der Waals surface area (Å²) in [6, 6.07) is 0. The lowest BCUT2D eigenvalue weighted by Gasteiger charge is -2.21. The molecule has 0 amide bonds. The molecule has 0 radical (unpaired) electrons. The Morgan fingerprint density at radius 2 is 1.68 bits per heavy atom. The van der Waals surface area contributed by atoms with Gasteiger partial charge in [0.1, 0.15) is 6.10 Å². The third kappa shape index (κ3) is 4.54. The highest BCUT2D eigenvalue weighted by Gasteiger charge is 2.41. The first-order chi connectivity index (χ1) is 8.81. The van der Waals surface area contributed by atoms with Crippen LogP contribution in [0.1, 0.15) is 39.5 Å². The number of carboxylic acid groups (broad SMARTS) is 1. The van der Waals surface area contributed by atoms with Crippen molar-refractivity contribution in [3.8, 4) is 0 Å². The molecule has 2 rings (SSSR count). The maximum absolute atomic E-state index is 11.3. The second-order valence-corrected chi connectivity index (χ2v) is 5.48. The maximum atomic E-state index is 11.3. The summed E-state index contributed by atoms with van der Waals surface area (Å²) < 4.78 is 5.37. The lowest BCUT2D eigenvalue weighted by molar-refractivity contribution is -0.146. The van der Waals surface area contributed by atoms with Crippen molar-refractivity contribution in [3.05, 3.63) is 24.3 Å². The number of aliphatic carboxylic acids is 1. The molecule has 3 atom stereocenters. The van der Waals surface area contributed by atoms with Crippen LogP contribution in [-0.2, 0) is 14.3 Å². The molecule has 2 saturated carbocycles. The zero-order valence-corrected chi connectivity index (χ0v) is 11.6. The van der Waals surface area contributed by atoms with Crippen molar-refractivity contribution in [2.75, 3.05) is 0 Å². The van der Waals surface area contributed by atoms with E-state index in [1.54, 1.807) is 6.92 Å². The normalized spacial score (nSPS) is 27.2. The molecule has 4 nitrogen and oxygen atoms in total. The van der Waals surface area contributed by atoms with E-state index in [1.165, 1.54) is 26.2 Å². The molecule has 0 aliphatic heterocycles. The number of fused-ring (bicyclic) bond motifs is 2. The summed E-state index contributed by atoms with van der Waals surface area (Å²) in [6.45, 7) is 9.89. The van der Waals surface area contributed by atoms with Crippen LogP contribution in [0.25, 0.3) is 0 Å². The molecule has 0 saturated heterocycles. The van der Waals surface area contributed by atoms with Gasteiger partial charge in [-0.15, -0.1) is 0 Å². The number of carbonyl (C=O) groups excluding carboxylic acids is 1. The largest absolute Gasteiger partial charge is 0.478 e. The number of rotatable bonds is 3. The van der Waals surface area contributed by atoms with E-state index in [1.807, 2.05) is 0 Å². The minimum absolute atomic E-state index is 0.176. The number of ether oxygens (including phenoxy) is 1. The molecule has 0 spiro atoms. The first-order valence-electron chi connectivity index (χ1n) is 6.56. The Hall–Kier alpha value is -1.58. The predicted octanol–water partition coefficient (Wildman–Crippen LogP) is 2.94. The minimum Gasteiger partial charge on any atom is -0.478 e. The highest BCUT2D eigenvalue weighted by Crippen LogP contribution is 2.45. The topological polar surface area (TPSA) is 63.6 Å². The van der Waals surface area contributed by atoms with Gasteiger partial charge in [-0.1, -0.05) is 13.2 Å². The van der Waals surface area contributed by atoms with Gasteiger partial charge in [0, 0.05) is 11.1 Å². The lowest BCUT2D eigenvalue weighted by Crippen LogP contribution is -2.24. The van der Waals surface area contributed by atoms with Crippen LogP contribution in [0, 0.1) is 11.8 Å². The summed E-state index contributed by atoms with van der Waals surface area (Å²) in [7, 11) is 0. The highest BCUT2D eigenvalue weighted by atomic mass is 16.5. The number of carboxylic acids is 1. The summed E-state index contributed by atoms with van der Waals surface area (Å²) in [5, 5.41) is 7.89. The summed E-state index contributed by atoms with van der Waals surface area (Å²) in [6.07, 6.45) is 5.14. The standard InChI is InChI=1S/C11H16O2.C4H6O2/c1-7(2)11(12)13-10-6-8-3-4-9(10)5-8;1-3(2)4(5)6/h8-10H,1,3-6H2,2H3;1H2,2H3,(H,5,6). The van der Waals surface area contributed by atoms with Crippen LogP contribution in [-0.4, -0.2) is 23.1 Å². The minimum atomic E-state index is -0.935. The van der Waals surface area contributed by atoms with Crippen molar-refractivity contribution in [2.45, 2.75) is 45.6 Å². The average Bonchev–Trinajstić information content (AvgIpc) is 2.91. The fourth-order valence-corrected chi connectivity index (χ4v) is 2.57. The van der Waals surface area contributed by atoms with Crippen LogP contribution in [0.2, 0.25) is 0 Å². The van der Waals surface area contributed by atoms with E-state index in [0.29, 0.717) is 11.5 Å². The van der Waals surface area contributed by atoms with Crippen LogP contribution in [0.3, 0.4) is 0 Å². The van der Waals surface area contributed by atoms with Crippen LogP contribution >= 0.6 is 0 Å². The molecule has 0 aromatic carbocycles. The Balaban J connectivity index is 0.000000258. The number of hydrogen-bond acceptors (Lipinski definition) is 3. The van der Waals surface area contributed by atoms with Crippen LogP contribution in [0.15, 0.2) is 24.3 Å². The van der Waals surface area contributed by atoms with Crippen molar-refractivity contribution in [1.29, 1.82) is 0 Å². The van der Waals surface area contributed by atoms with Crippen molar-refractivity contribution in [1.82, 2.24) is 0 Å². The molecule has 3 unspecified atom stereocenters. The van der Waals surface area contributed by atoms with Gasteiger partial charge in [0.15, 0.2) is 0 Å². The fourth-order valence-electron chi connectivity index (χ4n) is 2.57. The molecule has 2 aliphatic rings. The van der Waals surface area contributed by atoms with E-state index in [2.05, 4.69) is 13.2 Å². The van der Waals surface area contributed by atoms with E-state index < -0.39 is 5.97 Å². The number of hydrogen-bond donors (Lipinski definition) is 1. The third-order valence-electron chi connectivity index (χ3n) is 3.65. The van der Waals surface area contributed by atoms with E-state index in [4.69, 9.17) is 9.84 Å². The maximum Gasteiger partial charge on any atom is 0.333 e. The van der Waals surface area contributed by atoms with E-state index in [-0.39, 0.29) is 17.6 Å². The monoisotopic (exact) mass is 266 g/mol. The quantitative estimate of drug-likeness (QED) is 0.630. The zero-order valence-electron chi connectivity index (χ0n) is 11.6. The Kier molecular flexibility index (Phi) is 5.33. The van der Waals surface area contributed by atoms with Crippen LogP contribution in [0.4, 0.5) is 0 Å².